The zero-order valence-corrected chi connectivity index (χ0v) is 18.7. The fraction of sp³-hybridized carbons (Fsp3) is 0.391. The molecule has 3 rings (SSSR count). The van der Waals surface area contributed by atoms with Crippen LogP contribution in [0.15, 0.2) is 42.5 Å². The highest BCUT2D eigenvalue weighted by Gasteiger charge is 2.37. The van der Waals surface area contributed by atoms with Crippen LogP contribution in [0, 0.1) is 5.92 Å². The molecule has 4 nitrogen and oxygen atoms in total. The van der Waals surface area contributed by atoms with Crippen molar-refractivity contribution in [3.05, 3.63) is 63.6 Å². The fourth-order valence-electron chi connectivity index (χ4n) is 3.70. The fourth-order valence-corrected chi connectivity index (χ4v) is 3.99. The van der Waals surface area contributed by atoms with E-state index in [0.717, 1.165) is 18.4 Å². The molecule has 0 spiro atoms. The molecule has 0 heterocycles. The van der Waals surface area contributed by atoms with Gasteiger partial charge in [0.1, 0.15) is 0 Å². The van der Waals surface area contributed by atoms with Gasteiger partial charge in [0, 0.05) is 5.02 Å². The van der Waals surface area contributed by atoms with Crippen molar-refractivity contribution in [1.29, 1.82) is 0 Å². The number of methoxy groups -OCH3 is 1. The van der Waals surface area contributed by atoms with E-state index in [1.165, 1.54) is 31.4 Å². The van der Waals surface area contributed by atoms with E-state index in [9.17, 15) is 22.8 Å². The maximum absolute atomic E-state index is 13.2. The second kappa shape index (κ2) is 10.1. The Balaban J connectivity index is 1.86. The van der Waals surface area contributed by atoms with Crippen LogP contribution in [0.1, 0.15) is 48.6 Å². The minimum Gasteiger partial charge on any atom is -0.469 e. The van der Waals surface area contributed by atoms with Crippen molar-refractivity contribution in [3.8, 4) is 0 Å². The number of carbonyl (C=O) groups excluding carboxylic acids is 2. The largest absolute Gasteiger partial charge is 0.469 e. The highest BCUT2D eigenvalue weighted by molar-refractivity contribution is 6.33. The third-order valence-electron chi connectivity index (χ3n) is 5.51. The molecule has 1 aliphatic carbocycles. The number of esters is 1. The van der Waals surface area contributed by atoms with Crippen LogP contribution in [0.2, 0.25) is 10.0 Å². The first-order valence-electron chi connectivity index (χ1n) is 10.1. The van der Waals surface area contributed by atoms with Gasteiger partial charge in [-0.05, 0) is 60.1 Å². The summed E-state index contributed by atoms with van der Waals surface area (Å²) in [6.45, 7) is 0. The van der Waals surface area contributed by atoms with Gasteiger partial charge in [-0.25, -0.2) is 0 Å². The van der Waals surface area contributed by atoms with E-state index < -0.39 is 24.4 Å². The van der Waals surface area contributed by atoms with E-state index in [-0.39, 0.29) is 34.6 Å². The third kappa shape index (κ3) is 6.62. The molecule has 1 aliphatic rings. The lowest BCUT2D eigenvalue weighted by atomic mass is 9.90. The number of alkyl halides is 3. The number of nitrogens with one attached hydrogen (secondary N) is 1. The summed E-state index contributed by atoms with van der Waals surface area (Å²) in [7, 11) is 1.32. The number of halogens is 5. The molecule has 2 aromatic carbocycles. The molecule has 0 aromatic heterocycles. The molecule has 1 saturated carbocycles. The van der Waals surface area contributed by atoms with Gasteiger partial charge >= 0.3 is 12.1 Å². The highest BCUT2D eigenvalue weighted by atomic mass is 35.5. The first kappa shape index (κ1) is 24.4. The minimum absolute atomic E-state index is 0.113. The van der Waals surface area contributed by atoms with Crippen LogP contribution in [-0.4, -0.2) is 25.2 Å². The smallest absolute Gasteiger partial charge is 0.390 e. The Morgan fingerprint density at radius 1 is 1.09 bits per heavy atom. The Kier molecular flexibility index (Phi) is 7.72. The summed E-state index contributed by atoms with van der Waals surface area (Å²) in [5.41, 5.74) is 1.17. The van der Waals surface area contributed by atoms with E-state index in [4.69, 9.17) is 27.9 Å². The third-order valence-corrected chi connectivity index (χ3v) is 6.09. The molecule has 1 fully saturated rings. The van der Waals surface area contributed by atoms with E-state index in [1.807, 2.05) is 0 Å². The molecule has 9 heteroatoms. The maximum Gasteiger partial charge on any atom is 0.390 e. The Bertz CT molecular complexity index is 975. The van der Waals surface area contributed by atoms with Gasteiger partial charge in [0.2, 0.25) is 5.91 Å². The van der Waals surface area contributed by atoms with E-state index >= 15 is 0 Å². The minimum atomic E-state index is -4.55. The van der Waals surface area contributed by atoms with Gasteiger partial charge in [-0.1, -0.05) is 41.4 Å². The summed E-state index contributed by atoms with van der Waals surface area (Å²) in [6.07, 6.45) is -3.76. The highest BCUT2D eigenvalue weighted by Crippen LogP contribution is 2.45. The van der Waals surface area contributed by atoms with Crippen molar-refractivity contribution < 1.29 is 27.5 Å². The van der Waals surface area contributed by atoms with Gasteiger partial charge in [0.25, 0.3) is 0 Å². The van der Waals surface area contributed by atoms with Crippen molar-refractivity contribution in [1.82, 2.24) is 0 Å². The molecule has 2 aromatic rings. The number of hydrogen-bond acceptors (Lipinski definition) is 3. The van der Waals surface area contributed by atoms with Crippen LogP contribution < -0.4 is 5.32 Å². The molecular weight excluding hydrogens is 466 g/mol. The second-order valence-electron chi connectivity index (χ2n) is 7.88. The van der Waals surface area contributed by atoms with Crippen molar-refractivity contribution in [2.45, 2.75) is 43.7 Å². The van der Waals surface area contributed by atoms with Crippen molar-refractivity contribution in [3.63, 3.8) is 0 Å². The molecule has 32 heavy (non-hydrogen) atoms. The average Bonchev–Trinajstić information content (AvgIpc) is 3.57. The first-order valence-corrected chi connectivity index (χ1v) is 10.8. The number of amides is 1. The Hall–Kier alpha value is -2.25. The molecule has 1 amide bonds. The van der Waals surface area contributed by atoms with Crippen LogP contribution in [-0.2, 0) is 14.3 Å². The quantitative estimate of drug-likeness (QED) is 0.420. The molecule has 0 radical (unpaired) electrons. The predicted octanol–water partition coefficient (Wildman–Crippen LogP) is 6.72. The lowest BCUT2D eigenvalue weighted by Crippen LogP contribution is -2.26. The number of ether oxygens (including phenoxy) is 1. The molecule has 1 unspecified atom stereocenters. The van der Waals surface area contributed by atoms with Crippen LogP contribution >= 0.6 is 23.2 Å². The summed E-state index contributed by atoms with van der Waals surface area (Å²) < 4.78 is 44.4. The SMILES string of the molecule is COC(=O)CC(c1ccc(Cl)c(NC(=O)[C@@H](CC(F)(F)F)c2ccc(Cl)cc2)c1)C1CC1. The van der Waals surface area contributed by atoms with Gasteiger partial charge in [0.15, 0.2) is 0 Å². The molecule has 172 valence electrons. The number of rotatable bonds is 8. The van der Waals surface area contributed by atoms with Gasteiger partial charge < -0.3 is 10.1 Å². The Morgan fingerprint density at radius 2 is 1.72 bits per heavy atom. The normalized spacial score (nSPS) is 15.7. The van der Waals surface area contributed by atoms with Crippen molar-refractivity contribution in [2.24, 2.45) is 5.92 Å². The standard InChI is InChI=1S/C23H22Cl2F3NO3/c1-32-21(30)11-17(13-2-3-13)15-6-9-19(25)20(10-15)29-22(31)18(12-23(26,27)28)14-4-7-16(24)8-5-14/h4-10,13,17-18H,2-3,11-12H2,1H3,(H,29,31)/t17?,18-/m0/s1. The molecule has 1 N–H and O–H groups in total. The van der Waals surface area contributed by atoms with Gasteiger partial charge in [0.05, 0.1) is 36.6 Å². The number of anilines is 1. The predicted molar refractivity (Wildman–Crippen MR) is 117 cm³/mol. The van der Waals surface area contributed by atoms with E-state index in [1.54, 1.807) is 18.2 Å². The van der Waals surface area contributed by atoms with Crippen LogP contribution in [0.25, 0.3) is 0 Å². The monoisotopic (exact) mass is 487 g/mol. The van der Waals surface area contributed by atoms with Gasteiger partial charge in [-0.3, -0.25) is 9.59 Å². The topological polar surface area (TPSA) is 55.4 Å². The second-order valence-corrected chi connectivity index (χ2v) is 8.72. The molecule has 0 aliphatic heterocycles. The summed E-state index contributed by atoms with van der Waals surface area (Å²) in [6, 6.07) is 10.6. The number of carbonyl (C=O) groups is 2. The Morgan fingerprint density at radius 3 is 2.28 bits per heavy atom. The zero-order valence-electron chi connectivity index (χ0n) is 17.2. The van der Waals surface area contributed by atoms with Gasteiger partial charge in [-0.2, -0.15) is 13.2 Å². The number of hydrogen-bond donors (Lipinski definition) is 1. The summed E-state index contributed by atoms with van der Waals surface area (Å²) in [5.74, 6) is -2.46. The van der Waals surface area contributed by atoms with Gasteiger partial charge in [-0.15, -0.1) is 0 Å². The van der Waals surface area contributed by atoms with Crippen molar-refractivity contribution >= 4 is 40.8 Å². The van der Waals surface area contributed by atoms with Crippen LogP contribution in [0.3, 0.4) is 0 Å². The summed E-state index contributed by atoms with van der Waals surface area (Å²) in [5, 5.41) is 3.09. The molecular formula is C23H22Cl2F3NO3. The van der Waals surface area contributed by atoms with Crippen LogP contribution in [0.5, 0.6) is 0 Å². The average molecular weight is 488 g/mol. The lowest BCUT2D eigenvalue weighted by Gasteiger charge is -2.21. The maximum atomic E-state index is 13.2. The zero-order chi connectivity index (χ0) is 23.5. The van der Waals surface area contributed by atoms with Crippen LogP contribution in [0.4, 0.5) is 18.9 Å². The summed E-state index contributed by atoms with van der Waals surface area (Å²) >= 11 is 12.1. The van der Waals surface area contributed by atoms with Crippen molar-refractivity contribution in [2.75, 3.05) is 12.4 Å². The Labute approximate surface area is 194 Å². The first-order chi connectivity index (χ1) is 15.1. The van der Waals surface area contributed by atoms with E-state index in [2.05, 4.69) is 5.32 Å². The molecule has 2 atom stereocenters. The number of benzene rings is 2. The van der Waals surface area contributed by atoms with E-state index in [0.29, 0.717) is 10.9 Å². The molecule has 0 bridgehead atoms. The summed E-state index contributed by atoms with van der Waals surface area (Å²) in [4.78, 5) is 24.7. The molecule has 0 saturated heterocycles. The lowest BCUT2D eigenvalue weighted by molar-refractivity contribution is -0.146.